The van der Waals surface area contributed by atoms with Crippen molar-refractivity contribution in [2.24, 2.45) is 0 Å². The van der Waals surface area contributed by atoms with E-state index in [-0.39, 0.29) is 37.9 Å². The molecular formula is C15H26ClN3O5. The summed E-state index contributed by atoms with van der Waals surface area (Å²) < 4.78 is 0. The summed E-state index contributed by atoms with van der Waals surface area (Å²) in [6, 6.07) is 4.93. The molecule has 8 nitrogen and oxygen atoms in total. The summed E-state index contributed by atoms with van der Waals surface area (Å²) in [4.78, 5) is 12.7. The summed E-state index contributed by atoms with van der Waals surface area (Å²) >= 11 is 0. The number of aliphatic hydroxyl groups is 3. The molecule has 1 rings (SSSR count). The highest BCUT2D eigenvalue weighted by Gasteiger charge is 2.17. The van der Waals surface area contributed by atoms with Crippen molar-refractivity contribution >= 4 is 29.5 Å². The van der Waals surface area contributed by atoms with Crippen LogP contribution in [0.5, 0.6) is 0 Å². The van der Waals surface area contributed by atoms with Crippen molar-refractivity contribution in [2.75, 3.05) is 49.7 Å². The van der Waals surface area contributed by atoms with Gasteiger partial charge < -0.3 is 25.5 Å². The molecule has 0 aromatic heterocycles. The van der Waals surface area contributed by atoms with Crippen molar-refractivity contribution < 1.29 is 20.2 Å². The van der Waals surface area contributed by atoms with Crippen molar-refractivity contribution in [2.45, 2.75) is 19.3 Å². The van der Waals surface area contributed by atoms with E-state index in [4.69, 9.17) is 15.3 Å². The van der Waals surface area contributed by atoms with Gasteiger partial charge in [-0.15, -0.1) is 12.4 Å². The zero-order valence-corrected chi connectivity index (χ0v) is 14.4. The Bertz CT molecular complexity index is 482. The molecule has 0 atom stereocenters. The Morgan fingerprint density at radius 1 is 1.04 bits per heavy atom. The third-order valence-corrected chi connectivity index (χ3v) is 3.37. The van der Waals surface area contributed by atoms with E-state index < -0.39 is 4.92 Å². The summed E-state index contributed by atoms with van der Waals surface area (Å²) in [5.41, 5.74) is 1.07. The van der Waals surface area contributed by atoms with Crippen molar-refractivity contribution in [1.29, 1.82) is 0 Å². The number of nitrogens with zero attached hydrogens (tertiary/aromatic N) is 2. The second kappa shape index (κ2) is 12.8. The Labute approximate surface area is 147 Å². The molecule has 4 N–H and O–H groups in total. The number of anilines is 2. The normalized spacial score (nSPS) is 10.1. The molecule has 0 spiro atoms. The lowest BCUT2D eigenvalue weighted by atomic mass is 10.2. The second-order valence-corrected chi connectivity index (χ2v) is 5.10. The molecular weight excluding hydrogens is 338 g/mol. The third kappa shape index (κ3) is 7.31. The highest BCUT2D eigenvalue weighted by Crippen LogP contribution is 2.30. The number of nitrogens with one attached hydrogen (secondary N) is 1. The highest BCUT2D eigenvalue weighted by molar-refractivity contribution is 5.85. The first-order valence-electron chi connectivity index (χ1n) is 7.74. The van der Waals surface area contributed by atoms with E-state index in [1.165, 1.54) is 6.07 Å². The monoisotopic (exact) mass is 363 g/mol. The first-order valence-corrected chi connectivity index (χ1v) is 7.74. The van der Waals surface area contributed by atoms with Gasteiger partial charge in [0.1, 0.15) is 5.69 Å². The molecule has 24 heavy (non-hydrogen) atoms. The number of aliphatic hydroxyl groups excluding tert-OH is 3. The molecule has 9 heteroatoms. The Balaban J connectivity index is 0.00000529. The average Bonchev–Trinajstić information content (AvgIpc) is 2.55. The van der Waals surface area contributed by atoms with E-state index in [0.29, 0.717) is 50.3 Å². The minimum atomic E-state index is -0.443. The van der Waals surface area contributed by atoms with Crippen LogP contribution in [0, 0.1) is 10.1 Å². The second-order valence-electron chi connectivity index (χ2n) is 5.10. The van der Waals surface area contributed by atoms with Crippen LogP contribution in [0.1, 0.15) is 19.3 Å². The van der Waals surface area contributed by atoms with Gasteiger partial charge in [-0.05, 0) is 31.4 Å². The minimum absolute atomic E-state index is 0. The largest absolute Gasteiger partial charge is 0.396 e. The SMILES string of the molecule is Cl.O=[N+]([O-])c1cc(N(CCCO)CCCO)ccc1NCCCO. The van der Waals surface area contributed by atoms with E-state index in [1.54, 1.807) is 12.1 Å². The van der Waals surface area contributed by atoms with E-state index in [9.17, 15) is 10.1 Å². The van der Waals surface area contributed by atoms with Crippen molar-refractivity contribution in [1.82, 2.24) is 0 Å². The maximum absolute atomic E-state index is 11.3. The van der Waals surface area contributed by atoms with Crippen LogP contribution in [-0.4, -0.2) is 59.7 Å². The van der Waals surface area contributed by atoms with Gasteiger partial charge in [-0.1, -0.05) is 0 Å². The van der Waals surface area contributed by atoms with Gasteiger partial charge >= 0.3 is 0 Å². The van der Waals surface area contributed by atoms with Gasteiger partial charge in [0, 0.05) is 51.2 Å². The van der Waals surface area contributed by atoms with Gasteiger partial charge in [0.25, 0.3) is 5.69 Å². The molecule has 0 fully saturated rings. The zero-order valence-electron chi connectivity index (χ0n) is 13.6. The molecule has 0 heterocycles. The number of nitro groups is 1. The summed E-state index contributed by atoms with van der Waals surface area (Å²) in [7, 11) is 0. The molecule has 0 amide bonds. The standard InChI is InChI=1S/C15H25N3O5.ClH/c19-9-1-6-16-14-5-4-13(12-15(14)18(22)23)17(7-2-10-20)8-3-11-21;/h4-5,12,16,19-21H,1-3,6-11H2;1H. The van der Waals surface area contributed by atoms with E-state index in [2.05, 4.69) is 5.32 Å². The lowest BCUT2D eigenvalue weighted by molar-refractivity contribution is -0.383. The van der Waals surface area contributed by atoms with Crippen LogP contribution in [-0.2, 0) is 0 Å². The summed E-state index contributed by atoms with van der Waals surface area (Å²) in [5, 5.41) is 41.0. The number of hydrogen-bond acceptors (Lipinski definition) is 7. The predicted octanol–water partition coefficient (Wildman–Crippen LogP) is 1.38. The first kappa shape index (κ1) is 22.4. The lowest BCUT2D eigenvalue weighted by Gasteiger charge is -2.24. The minimum Gasteiger partial charge on any atom is -0.396 e. The van der Waals surface area contributed by atoms with Crippen molar-refractivity contribution in [3.8, 4) is 0 Å². The van der Waals surface area contributed by atoms with E-state index in [0.717, 1.165) is 0 Å². The fourth-order valence-electron chi connectivity index (χ4n) is 2.21. The molecule has 1 aromatic rings. The lowest BCUT2D eigenvalue weighted by Crippen LogP contribution is -2.27. The van der Waals surface area contributed by atoms with Gasteiger partial charge in [0.15, 0.2) is 0 Å². The Morgan fingerprint density at radius 2 is 1.62 bits per heavy atom. The number of halogens is 1. The Morgan fingerprint density at radius 3 is 2.12 bits per heavy atom. The maximum Gasteiger partial charge on any atom is 0.294 e. The van der Waals surface area contributed by atoms with Crippen LogP contribution >= 0.6 is 12.4 Å². The third-order valence-electron chi connectivity index (χ3n) is 3.37. The van der Waals surface area contributed by atoms with Gasteiger partial charge in [-0.25, -0.2) is 0 Å². The molecule has 1 aromatic carbocycles. The smallest absolute Gasteiger partial charge is 0.294 e. The van der Waals surface area contributed by atoms with E-state index in [1.807, 2.05) is 4.90 Å². The maximum atomic E-state index is 11.3. The predicted molar refractivity (Wildman–Crippen MR) is 96.2 cm³/mol. The highest BCUT2D eigenvalue weighted by atomic mass is 35.5. The van der Waals surface area contributed by atoms with Gasteiger partial charge in [0.05, 0.1) is 4.92 Å². The molecule has 0 aliphatic heterocycles. The molecule has 0 aliphatic carbocycles. The number of hydrogen-bond donors (Lipinski definition) is 4. The Kier molecular flexibility index (Phi) is 11.9. The van der Waals surface area contributed by atoms with Crippen LogP contribution in [0.2, 0.25) is 0 Å². The number of benzene rings is 1. The van der Waals surface area contributed by atoms with Crippen LogP contribution < -0.4 is 10.2 Å². The molecule has 138 valence electrons. The van der Waals surface area contributed by atoms with Crippen LogP contribution in [0.25, 0.3) is 0 Å². The Hall–Kier alpha value is -1.61. The zero-order chi connectivity index (χ0) is 17.1. The van der Waals surface area contributed by atoms with Gasteiger partial charge in [-0.3, -0.25) is 10.1 Å². The molecule has 0 unspecified atom stereocenters. The first-order chi connectivity index (χ1) is 11.1. The van der Waals surface area contributed by atoms with Crippen molar-refractivity contribution in [3.63, 3.8) is 0 Å². The molecule has 0 saturated carbocycles. The molecule has 0 saturated heterocycles. The summed E-state index contributed by atoms with van der Waals surface area (Å²) in [5.74, 6) is 0. The quantitative estimate of drug-likeness (QED) is 0.251. The van der Waals surface area contributed by atoms with Crippen LogP contribution in [0.4, 0.5) is 17.1 Å². The molecule has 0 bridgehead atoms. The molecule has 0 aliphatic rings. The van der Waals surface area contributed by atoms with E-state index >= 15 is 0 Å². The fraction of sp³-hybridized carbons (Fsp3) is 0.600. The fourth-order valence-corrected chi connectivity index (χ4v) is 2.21. The molecule has 0 radical (unpaired) electrons. The number of nitro benzene ring substituents is 1. The topological polar surface area (TPSA) is 119 Å². The van der Waals surface area contributed by atoms with Gasteiger partial charge in [-0.2, -0.15) is 0 Å². The summed E-state index contributed by atoms with van der Waals surface area (Å²) in [6.45, 7) is 1.68. The average molecular weight is 364 g/mol. The van der Waals surface area contributed by atoms with Crippen LogP contribution in [0.15, 0.2) is 18.2 Å². The summed E-state index contributed by atoms with van der Waals surface area (Å²) in [6.07, 6.45) is 1.61. The number of rotatable bonds is 12. The van der Waals surface area contributed by atoms with Crippen molar-refractivity contribution in [3.05, 3.63) is 28.3 Å². The van der Waals surface area contributed by atoms with Gasteiger partial charge in [0.2, 0.25) is 0 Å². The van der Waals surface area contributed by atoms with Crippen LogP contribution in [0.3, 0.4) is 0 Å².